The first kappa shape index (κ1) is 12.1. The van der Waals surface area contributed by atoms with Gasteiger partial charge in [0.05, 0.1) is 6.61 Å². The van der Waals surface area contributed by atoms with Gasteiger partial charge in [-0.05, 0) is 12.6 Å². The number of ether oxygens (including phenoxy) is 1. The van der Waals surface area contributed by atoms with Crippen molar-refractivity contribution in [2.24, 2.45) is 0 Å². The molecule has 0 spiro atoms. The van der Waals surface area contributed by atoms with Crippen molar-refractivity contribution in [1.29, 1.82) is 0 Å². The number of carboxylic acids is 1. The van der Waals surface area contributed by atoms with Crippen LogP contribution in [0.1, 0.15) is 5.56 Å². The van der Waals surface area contributed by atoms with Crippen LogP contribution < -0.4 is 0 Å². The summed E-state index contributed by atoms with van der Waals surface area (Å²) in [7, 11) is 1.92. The van der Waals surface area contributed by atoms with Crippen LogP contribution in [-0.4, -0.2) is 48.3 Å². The Hall–Kier alpha value is -1.39. The fourth-order valence-electron chi connectivity index (χ4n) is 2.20. The standard InChI is InChI=1S/C13H17NO3/c1-14-7-8-17-13(10-14,12(15)16)9-11-5-3-2-4-6-11/h2-6H,7-10H2,1H3,(H,15,16)/t13-/m0/s1. The molecule has 1 N–H and O–H groups in total. The van der Waals surface area contributed by atoms with E-state index in [1.54, 1.807) is 0 Å². The van der Waals surface area contributed by atoms with Crippen molar-refractivity contribution in [3.8, 4) is 0 Å². The maximum atomic E-state index is 11.5. The van der Waals surface area contributed by atoms with Gasteiger partial charge in [0.2, 0.25) is 0 Å². The fraction of sp³-hybridized carbons (Fsp3) is 0.462. The third-order valence-electron chi connectivity index (χ3n) is 3.10. The minimum atomic E-state index is -1.10. The summed E-state index contributed by atoms with van der Waals surface area (Å²) in [6.07, 6.45) is 0.410. The molecule has 1 fully saturated rings. The lowest BCUT2D eigenvalue weighted by Gasteiger charge is -2.38. The van der Waals surface area contributed by atoms with E-state index >= 15 is 0 Å². The van der Waals surface area contributed by atoms with Crippen LogP contribution in [-0.2, 0) is 16.0 Å². The van der Waals surface area contributed by atoms with Gasteiger partial charge in [-0.1, -0.05) is 30.3 Å². The molecule has 1 aromatic rings. The van der Waals surface area contributed by atoms with Gasteiger partial charge in [0, 0.05) is 19.5 Å². The van der Waals surface area contributed by atoms with Gasteiger partial charge in [-0.25, -0.2) is 4.79 Å². The van der Waals surface area contributed by atoms with Crippen molar-refractivity contribution in [2.75, 3.05) is 26.7 Å². The number of aliphatic carboxylic acids is 1. The first-order chi connectivity index (χ1) is 8.12. The molecular weight excluding hydrogens is 218 g/mol. The molecule has 0 bridgehead atoms. The van der Waals surface area contributed by atoms with Crippen molar-refractivity contribution in [1.82, 2.24) is 4.90 Å². The van der Waals surface area contributed by atoms with Gasteiger partial charge in [-0.15, -0.1) is 0 Å². The minimum absolute atomic E-state index is 0.410. The van der Waals surface area contributed by atoms with E-state index in [-0.39, 0.29) is 0 Å². The van der Waals surface area contributed by atoms with Crippen LogP contribution in [0.25, 0.3) is 0 Å². The molecule has 1 heterocycles. The normalized spacial score (nSPS) is 25.7. The zero-order chi connectivity index (χ0) is 12.3. The minimum Gasteiger partial charge on any atom is -0.479 e. The number of carbonyl (C=O) groups is 1. The van der Waals surface area contributed by atoms with Crippen LogP contribution in [0, 0.1) is 0 Å². The first-order valence-corrected chi connectivity index (χ1v) is 5.72. The van der Waals surface area contributed by atoms with Gasteiger partial charge in [0.1, 0.15) is 0 Å². The molecule has 1 aliphatic rings. The summed E-state index contributed by atoms with van der Waals surface area (Å²) < 4.78 is 5.56. The van der Waals surface area contributed by atoms with Crippen molar-refractivity contribution in [2.45, 2.75) is 12.0 Å². The number of hydrogen-bond acceptors (Lipinski definition) is 3. The third kappa shape index (κ3) is 2.65. The highest BCUT2D eigenvalue weighted by atomic mass is 16.5. The summed E-state index contributed by atoms with van der Waals surface area (Å²) in [4.78, 5) is 13.5. The Morgan fingerprint density at radius 3 is 2.76 bits per heavy atom. The number of likely N-dealkylation sites (N-methyl/N-ethyl adjacent to an activating group) is 1. The summed E-state index contributed by atoms with van der Waals surface area (Å²) in [6, 6.07) is 9.62. The Bertz CT molecular complexity index is 393. The van der Waals surface area contributed by atoms with Crippen LogP contribution in [0.15, 0.2) is 30.3 Å². The van der Waals surface area contributed by atoms with Crippen molar-refractivity contribution < 1.29 is 14.6 Å². The lowest BCUT2D eigenvalue weighted by atomic mass is 9.92. The number of benzene rings is 1. The molecular formula is C13H17NO3. The van der Waals surface area contributed by atoms with Gasteiger partial charge in [0.15, 0.2) is 5.60 Å². The van der Waals surface area contributed by atoms with E-state index in [0.717, 1.165) is 12.1 Å². The summed E-state index contributed by atoms with van der Waals surface area (Å²) in [5.41, 5.74) is -0.112. The molecule has 0 unspecified atom stereocenters. The van der Waals surface area contributed by atoms with E-state index in [9.17, 15) is 9.90 Å². The third-order valence-corrected chi connectivity index (χ3v) is 3.10. The Labute approximate surface area is 101 Å². The molecule has 4 nitrogen and oxygen atoms in total. The first-order valence-electron chi connectivity index (χ1n) is 5.72. The molecule has 92 valence electrons. The van der Waals surface area contributed by atoms with Crippen LogP contribution in [0.5, 0.6) is 0 Å². The molecule has 4 heteroatoms. The Kier molecular flexibility index (Phi) is 3.45. The van der Waals surface area contributed by atoms with Gasteiger partial charge in [0.25, 0.3) is 0 Å². The zero-order valence-electron chi connectivity index (χ0n) is 9.93. The molecule has 1 saturated heterocycles. The SMILES string of the molecule is CN1CCO[C@](Cc2ccccc2)(C(=O)O)C1. The van der Waals surface area contributed by atoms with Crippen LogP contribution in [0.2, 0.25) is 0 Å². The Balaban J connectivity index is 2.20. The maximum Gasteiger partial charge on any atom is 0.337 e. The highest BCUT2D eigenvalue weighted by Gasteiger charge is 2.43. The lowest BCUT2D eigenvalue weighted by molar-refractivity contribution is -0.176. The molecule has 1 aliphatic heterocycles. The van der Waals surface area contributed by atoms with Crippen LogP contribution in [0.3, 0.4) is 0 Å². The highest BCUT2D eigenvalue weighted by molar-refractivity contribution is 5.78. The summed E-state index contributed by atoms with van der Waals surface area (Å²) in [6.45, 7) is 1.68. The lowest BCUT2D eigenvalue weighted by Crippen LogP contribution is -2.56. The van der Waals surface area contributed by atoms with E-state index in [1.165, 1.54) is 0 Å². The zero-order valence-corrected chi connectivity index (χ0v) is 9.93. The van der Waals surface area contributed by atoms with Crippen LogP contribution in [0.4, 0.5) is 0 Å². The second-order valence-corrected chi connectivity index (χ2v) is 4.55. The molecule has 2 rings (SSSR count). The van der Waals surface area contributed by atoms with Crippen LogP contribution >= 0.6 is 0 Å². The monoisotopic (exact) mass is 235 g/mol. The van der Waals surface area contributed by atoms with Crippen molar-refractivity contribution in [3.05, 3.63) is 35.9 Å². The molecule has 0 aromatic heterocycles. The molecule has 17 heavy (non-hydrogen) atoms. The Morgan fingerprint density at radius 2 is 2.18 bits per heavy atom. The average molecular weight is 235 g/mol. The average Bonchev–Trinajstić information content (AvgIpc) is 2.30. The molecule has 1 aromatic carbocycles. The van der Waals surface area contributed by atoms with Gasteiger partial charge < -0.3 is 14.7 Å². The molecule has 1 atom stereocenters. The number of nitrogens with zero attached hydrogens (tertiary/aromatic N) is 1. The summed E-state index contributed by atoms with van der Waals surface area (Å²) >= 11 is 0. The van der Waals surface area contributed by atoms with E-state index in [0.29, 0.717) is 19.6 Å². The van der Waals surface area contributed by atoms with E-state index in [2.05, 4.69) is 0 Å². The quantitative estimate of drug-likeness (QED) is 0.849. The van der Waals surface area contributed by atoms with Gasteiger partial charge in [-0.2, -0.15) is 0 Å². The topological polar surface area (TPSA) is 49.8 Å². The number of carboxylic acid groups (broad SMARTS) is 1. The predicted octanol–water partition coefficient (Wildman–Crippen LogP) is 1.01. The maximum absolute atomic E-state index is 11.5. The number of morpholine rings is 1. The molecule has 0 saturated carbocycles. The predicted molar refractivity (Wildman–Crippen MR) is 64.0 cm³/mol. The summed E-state index contributed by atoms with van der Waals surface area (Å²) in [5, 5.41) is 9.42. The Morgan fingerprint density at radius 1 is 1.47 bits per heavy atom. The van der Waals surface area contributed by atoms with Crippen molar-refractivity contribution in [3.63, 3.8) is 0 Å². The second kappa shape index (κ2) is 4.85. The van der Waals surface area contributed by atoms with E-state index < -0.39 is 11.6 Å². The molecule has 0 radical (unpaired) electrons. The highest BCUT2D eigenvalue weighted by Crippen LogP contribution is 2.23. The van der Waals surface area contributed by atoms with Gasteiger partial charge in [-0.3, -0.25) is 0 Å². The number of rotatable bonds is 3. The second-order valence-electron chi connectivity index (χ2n) is 4.55. The molecule has 0 amide bonds. The van der Waals surface area contributed by atoms with E-state index in [1.807, 2.05) is 42.3 Å². The number of hydrogen-bond donors (Lipinski definition) is 1. The van der Waals surface area contributed by atoms with Crippen molar-refractivity contribution >= 4 is 5.97 Å². The molecule has 0 aliphatic carbocycles. The van der Waals surface area contributed by atoms with Gasteiger partial charge >= 0.3 is 5.97 Å². The van der Waals surface area contributed by atoms with E-state index in [4.69, 9.17) is 4.74 Å². The smallest absolute Gasteiger partial charge is 0.337 e. The largest absolute Gasteiger partial charge is 0.479 e. The summed E-state index contributed by atoms with van der Waals surface area (Å²) in [5.74, 6) is -0.882. The fourth-order valence-corrected chi connectivity index (χ4v) is 2.20.